The molecule has 2 atom stereocenters. The Kier molecular flexibility index (Phi) is 50.6. The molecule has 0 bridgehead atoms. The first-order valence-electron chi connectivity index (χ1n) is 27.1. The van der Waals surface area contributed by atoms with Gasteiger partial charge in [0.25, 0.3) is 0 Å². The van der Waals surface area contributed by atoms with Gasteiger partial charge in [0.2, 0.25) is 0 Å². The van der Waals surface area contributed by atoms with E-state index in [-0.39, 0.29) is 0 Å². The van der Waals surface area contributed by atoms with E-state index in [2.05, 4.69) is 151 Å². The van der Waals surface area contributed by atoms with Gasteiger partial charge in [-0.05, 0) is 78.9 Å². The van der Waals surface area contributed by atoms with Crippen LogP contribution >= 0.6 is 0 Å². The predicted octanol–water partition coefficient (Wildman–Crippen LogP) is 21.4. The van der Waals surface area contributed by atoms with E-state index in [0.29, 0.717) is 5.92 Å². The van der Waals surface area contributed by atoms with Gasteiger partial charge in [0.1, 0.15) is 0 Å². The highest BCUT2D eigenvalue weighted by atomic mass is 14.7. The summed E-state index contributed by atoms with van der Waals surface area (Å²) in [5, 5.41) is 0. The topological polar surface area (TPSA) is 12.9 Å². The van der Waals surface area contributed by atoms with Gasteiger partial charge in [0.05, 0.1) is 0 Å². The van der Waals surface area contributed by atoms with Crippen LogP contribution < -0.4 is 0 Å². The predicted molar refractivity (Wildman–Crippen MR) is 279 cm³/mol. The van der Waals surface area contributed by atoms with Crippen LogP contribution in [0.15, 0.2) is 54.7 Å². The zero-order chi connectivity index (χ0) is 45.7. The van der Waals surface area contributed by atoms with Crippen molar-refractivity contribution in [3.8, 4) is 0 Å². The first-order chi connectivity index (χ1) is 29.1. The smallest absolute Gasteiger partial charge is 0.0434 e. The van der Waals surface area contributed by atoms with Crippen LogP contribution in [0.25, 0.3) is 0 Å². The van der Waals surface area contributed by atoms with E-state index in [4.69, 9.17) is 0 Å². The van der Waals surface area contributed by atoms with Gasteiger partial charge < -0.3 is 0 Å². The van der Waals surface area contributed by atoms with Crippen LogP contribution in [0.2, 0.25) is 0 Å². The Morgan fingerprint density at radius 3 is 0.950 bits per heavy atom. The second kappa shape index (κ2) is 48.4. The minimum atomic E-state index is 0.650. The largest absolute Gasteiger partial charge is 0.261 e. The molecule has 4 saturated carbocycles. The highest BCUT2D eigenvalue weighted by Gasteiger charge is 2.28. The van der Waals surface area contributed by atoms with E-state index in [0.717, 1.165) is 35.5 Å². The van der Waals surface area contributed by atoms with E-state index in [1.165, 1.54) is 178 Å². The molecule has 60 heavy (non-hydrogen) atoms. The first-order valence-corrected chi connectivity index (χ1v) is 27.1. The number of nitrogens with zero attached hydrogens (tertiary/aromatic N) is 1. The van der Waals surface area contributed by atoms with Gasteiger partial charge in [-0.1, -0.05) is 282 Å². The summed E-state index contributed by atoms with van der Waals surface area (Å²) in [6, 6.07) is 17.2. The Bertz CT molecular complexity index is 915. The highest BCUT2D eigenvalue weighted by Crippen LogP contribution is 2.40. The second-order valence-corrected chi connectivity index (χ2v) is 18.9. The molecule has 0 amide bonds. The molecule has 1 heterocycles. The van der Waals surface area contributed by atoms with Gasteiger partial charge in [-0.2, -0.15) is 0 Å². The maximum atomic E-state index is 4.45. The van der Waals surface area contributed by atoms with Crippen LogP contribution in [0.3, 0.4) is 0 Å². The molecule has 0 N–H and O–H groups in total. The molecule has 354 valence electrons. The number of hydrogen-bond donors (Lipinski definition) is 0. The summed E-state index contributed by atoms with van der Waals surface area (Å²) in [5.74, 6) is 6.44. The van der Waals surface area contributed by atoms with Crippen LogP contribution in [-0.2, 0) is 0 Å². The molecule has 2 unspecified atom stereocenters. The highest BCUT2D eigenvalue weighted by molar-refractivity contribution is 5.19. The van der Waals surface area contributed by atoms with Crippen LogP contribution in [0, 0.1) is 29.6 Å². The zero-order valence-corrected chi connectivity index (χ0v) is 44.1. The molecule has 1 aromatic heterocycles. The van der Waals surface area contributed by atoms with Crippen molar-refractivity contribution in [3.63, 3.8) is 0 Å². The van der Waals surface area contributed by atoms with Crippen molar-refractivity contribution in [2.24, 2.45) is 29.6 Å². The molecule has 1 heteroatoms. The second-order valence-electron chi connectivity index (χ2n) is 18.9. The molecule has 4 fully saturated rings. The summed E-state index contributed by atoms with van der Waals surface area (Å²) in [6.45, 7) is 32.8. The molecule has 4 aliphatic carbocycles. The van der Waals surface area contributed by atoms with Gasteiger partial charge in [-0.3, -0.25) is 4.98 Å². The fourth-order valence-corrected chi connectivity index (χ4v) is 8.89. The molecule has 0 radical (unpaired) electrons. The Hall–Kier alpha value is -1.63. The minimum absolute atomic E-state index is 0.650. The summed E-state index contributed by atoms with van der Waals surface area (Å²) < 4.78 is 0. The maximum Gasteiger partial charge on any atom is 0.0434 e. The number of benzene rings is 1. The van der Waals surface area contributed by atoms with Crippen LogP contribution in [-0.4, -0.2) is 4.98 Å². The lowest BCUT2D eigenvalue weighted by Gasteiger charge is -2.35. The first kappa shape index (κ1) is 62.7. The molecule has 0 saturated heterocycles. The number of aromatic nitrogens is 1. The van der Waals surface area contributed by atoms with E-state index < -0.39 is 0 Å². The average molecular weight is 837 g/mol. The van der Waals surface area contributed by atoms with E-state index in [9.17, 15) is 0 Å². The quantitative estimate of drug-likeness (QED) is 0.282. The number of rotatable bonds is 6. The summed E-state index contributed by atoms with van der Waals surface area (Å²) in [4.78, 5) is 4.45. The van der Waals surface area contributed by atoms with E-state index >= 15 is 0 Å². The summed E-state index contributed by atoms with van der Waals surface area (Å²) in [5.41, 5.74) is 2.80. The van der Waals surface area contributed by atoms with Crippen molar-refractivity contribution in [1.82, 2.24) is 4.98 Å². The molecular weight excluding hydrogens is 723 g/mol. The van der Waals surface area contributed by atoms with E-state index in [1.807, 2.05) is 12.3 Å². The van der Waals surface area contributed by atoms with Crippen molar-refractivity contribution in [3.05, 3.63) is 66.0 Å². The average Bonchev–Trinajstić information content (AvgIpc) is 3.29. The Morgan fingerprint density at radius 2 is 0.650 bits per heavy atom. The van der Waals surface area contributed by atoms with Crippen molar-refractivity contribution >= 4 is 0 Å². The van der Waals surface area contributed by atoms with Gasteiger partial charge in [0, 0.05) is 17.8 Å². The zero-order valence-electron chi connectivity index (χ0n) is 44.1. The van der Waals surface area contributed by atoms with Gasteiger partial charge in [0.15, 0.2) is 0 Å². The maximum absolute atomic E-state index is 4.45. The normalized spacial score (nSPS) is 17.7. The van der Waals surface area contributed by atoms with Crippen LogP contribution in [0.4, 0.5) is 0 Å². The molecule has 0 aliphatic heterocycles. The Balaban J connectivity index is -0.000000678. The van der Waals surface area contributed by atoms with Crippen LogP contribution in [0.1, 0.15) is 294 Å². The standard InChI is InChI=1S/C14H26.C14H20.C13H19N.6C3H8/c2*1-12(13-8-4-2-5-9-13)14-10-6-3-7-11-14;1-11(12-7-3-2-4-8-12)13-9-5-6-10-14-13;6*1-3-2/h12-14H,2-11H2,1H3;2,4-5,8-9,12,14H,3,6-7,10-11H2,1H3;5-6,9-12H,2-4,7-8H2,1H3;6*3H2,1-2H3. The fourth-order valence-electron chi connectivity index (χ4n) is 8.89. The van der Waals surface area contributed by atoms with Gasteiger partial charge >= 0.3 is 0 Å². The number of pyridine rings is 1. The molecule has 4 aliphatic rings. The molecule has 2 aromatic rings. The van der Waals surface area contributed by atoms with E-state index in [1.54, 1.807) is 0 Å². The summed E-state index contributed by atoms with van der Waals surface area (Å²) in [6.07, 6.45) is 39.0. The third kappa shape index (κ3) is 34.9. The summed E-state index contributed by atoms with van der Waals surface area (Å²) in [7, 11) is 0. The molecular formula is C59H113N. The SMILES string of the molecule is CC(C1CCCCC1)C1CCCCC1.CC(c1ccccc1)C1CCCCC1.CC(c1ccccn1)C1CCCCC1.CCC.CCC.CCC.CCC.CCC.CCC. The molecule has 1 aromatic carbocycles. The van der Waals surface area contributed by atoms with Crippen molar-refractivity contribution in [2.45, 2.75) is 283 Å². The van der Waals surface area contributed by atoms with Gasteiger partial charge in [-0.15, -0.1) is 0 Å². The lowest BCUT2D eigenvalue weighted by molar-refractivity contribution is 0.159. The van der Waals surface area contributed by atoms with Crippen molar-refractivity contribution in [1.29, 1.82) is 0 Å². The van der Waals surface area contributed by atoms with Crippen LogP contribution in [0.5, 0.6) is 0 Å². The Morgan fingerprint density at radius 1 is 0.367 bits per heavy atom. The van der Waals surface area contributed by atoms with Crippen molar-refractivity contribution < 1.29 is 0 Å². The molecule has 0 spiro atoms. The summed E-state index contributed by atoms with van der Waals surface area (Å²) >= 11 is 0. The minimum Gasteiger partial charge on any atom is -0.261 e. The third-order valence-electron chi connectivity index (χ3n) is 12.0. The molecule has 1 nitrogen and oxygen atoms in total. The lowest BCUT2D eigenvalue weighted by atomic mass is 9.71. The van der Waals surface area contributed by atoms with Gasteiger partial charge in [-0.25, -0.2) is 0 Å². The molecule has 6 rings (SSSR count). The van der Waals surface area contributed by atoms with Crippen molar-refractivity contribution in [2.75, 3.05) is 0 Å². The third-order valence-corrected chi connectivity index (χ3v) is 12.0. The Labute approximate surface area is 381 Å². The fraction of sp³-hybridized carbons (Fsp3) is 0.814. The monoisotopic (exact) mass is 836 g/mol. The lowest BCUT2D eigenvalue weighted by Crippen LogP contribution is -2.24. The number of hydrogen-bond acceptors (Lipinski definition) is 1.